The molecule has 0 radical (unpaired) electrons. The van der Waals surface area contributed by atoms with Crippen LogP contribution < -0.4 is 4.74 Å². The molecule has 1 aromatic rings. The average molecular weight is 209 g/mol. The van der Waals surface area contributed by atoms with Crippen molar-refractivity contribution in [2.24, 2.45) is 0 Å². The number of hydrogen-bond donors (Lipinski definition) is 1. The second kappa shape index (κ2) is 4.59. The van der Waals surface area contributed by atoms with Crippen LogP contribution in [-0.4, -0.2) is 35.0 Å². The molecule has 0 aromatic carbocycles. The first kappa shape index (κ1) is 10.4. The molecule has 1 aliphatic carbocycles. The van der Waals surface area contributed by atoms with Crippen LogP contribution in [0.2, 0.25) is 0 Å². The number of aliphatic hydroxyl groups excluding tert-OH is 1. The van der Waals surface area contributed by atoms with Gasteiger partial charge in [-0.2, -0.15) is 0 Å². The molecule has 1 N–H and O–H groups in total. The molecular weight excluding hydrogens is 194 g/mol. The highest BCUT2D eigenvalue weighted by molar-refractivity contribution is 5.17. The Bertz CT molecular complexity index is 304. The van der Waals surface area contributed by atoms with Crippen molar-refractivity contribution in [2.75, 3.05) is 6.61 Å². The largest absolute Gasteiger partial charge is 0.486 e. The van der Waals surface area contributed by atoms with Crippen LogP contribution in [0.5, 0.6) is 5.75 Å². The van der Waals surface area contributed by atoms with Crippen molar-refractivity contribution in [2.45, 2.75) is 31.7 Å². The zero-order chi connectivity index (χ0) is 10.7. The molecular formula is C11H15NO3. The predicted molar refractivity (Wildman–Crippen MR) is 54.7 cm³/mol. The molecule has 82 valence electrons. The summed E-state index contributed by atoms with van der Waals surface area (Å²) in [6.45, 7) is 2.50. The summed E-state index contributed by atoms with van der Waals surface area (Å²) in [6.07, 6.45) is 3.33. The van der Waals surface area contributed by atoms with E-state index in [1.165, 1.54) is 0 Å². The van der Waals surface area contributed by atoms with Crippen LogP contribution in [0.25, 0.3) is 0 Å². The maximum atomic E-state index is 9.47. The molecule has 0 aliphatic heterocycles. The highest BCUT2D eigenvalue weighted by Crippen LogP contribution is 2.28. The topological polar surface area (TPSA) is 51.6 Å². The molecule has 2 rings (SSSR count). The Kier molecular flexibility index (Phi) is 3.18. The number of hydrogen-bond acceptors (Lipinski definition) is 4. The molecule has 4 nitrogen and oxygen atoms in total. The van der Waals surface area contributed by atoms with Crippen LogP contribution in [0.1, 0.15) is 13.3 Å². The van der Waals surface area contributed by atoms with Gasteiger partial charge in [-0.1, -0.05) is 0 Å². The third kappa shape index (κ3) is 2.27. The number of rotatable bonds is 4. The summed E-state index contributed by atoms with van der Waals surface area (Å²) in [5.74, 6) is 0.721. The van der Waals surface area contributed by atoms with E-state index in [1.54, 1.807) is 12.4 Å². The van der Waals surface area contributed by atoms with Crippen molar-refractivity contribution in [3.05, 3.63) is 24.5 Å². The lowest BCUT2D eigenvalue weighted by molar-refractivity contribution is -0.160. The molecule has 1 saturated carbocycles. The molecule has 1 aromatic heterocycles. The summed E-state index contributed by atoms with van der Waals surface area (Å²) >= 11 is 0. The maximum Gasteiger partial charge on any atom is 0.138 e. The summed E-state index contributed by atoms with van der Waals surface area (Å²) in [4.78, 5) is 3.96. The van der Waals surface area contributed by atoms with Gasteiger partial charge in [0.2, 0.25) is 0 Å². The summed E-state index contributed by atoms with van der Waals surface area (Å²) in [7, 11) is 0. The van der Waals surface area contributed by atoms with E-state index in [0.717, 1.165) is 5.75 Å². The monoisotopic (exact) mass is 209 g/mol. The maximum absolute atomic E-state index is 9.47. The van der Waals surface area contributed by atoms with E-state index in [9.17, 15) is 5.11 Å². The van der Waals surface area contributed by atoms with Gasteiger partial charge in [0.15, 0.2) is 0 Å². The van der Waals surface area contributed by atoms with Gasteiger partial charge in [0, 0.05) is 19.2 Å². The smallest absolute Gasteiger partial charge is 0.138 e. The average Bonchev–Trinajstić information content (AvgIpc) is 2.27. The summed E-state index contributed by atoms with van der Waals surface area (Å²) in [6, 6.07) is 3.67. The van der Waals surface area contributed by atoms with Gasteiger partial charge in [0.05, 0.1) is 12.3 Å². The number of aliphatic hydroxyl groups is 1. The van der Waals surface area contributed by atoms with Gasteiger partial charge in [-0.3, -0.25) is 4.98 Å². The van der Waals surface area contributed by atoms with E-state index in [4.69, 9.17) is 9.47 Å². The minimum Gasteiger partial charge on any atom is -0.486 e. The third-order valence-corrected chi connectivity index (χ3v) is 2.50. The lowest BCUT2D eigenvalue weighted by Gasteiger charge is -2.40. The van der Waals surface area contributed by atoms with Crippen molar-refractivity contribution in [1.29, 1.82) is 0 Å². The molecule has 3 unspecified atom stereocenters. The lowest BCUT2D eigenvalue weighted by Crippen LogP contribution is -2.55. The fourth-order valence-corrected chi connectivity index (χ4v) is 1.68. The highest BCUT2D eigenvalue weighted by atomic mass is 16.6. The van der Waals surface area contributed by atoms with E-state index in [2.05, 4.69) is 4.98 Å². The second-order valence-electron chi connectivity index (χ2n) is 3.57. The molecule has 0 amide bonds. The quantitative estimate of drug-likeness (QED) is 0.803. The van der Waals surface area contributed by atoms with Gasteiger partial charge in [-0.15, -0.1) is 0 Å². The minimum absolute atomic E-state index is 0.0517. The van der Waals surface area contributed by atoms with Crippen molar-refractivity contribution in [3.8, 4) is 5.75 Å². The zero-order valence-corrected chi connectivity index (χ0v) is 8.67. The normalized spacial score (nSPS) is 29.6. The molecule has 0 bridgehead atoms. The Labute approximate surface area is 88.9 Å². The molecule has 1 heterocycles. The first-order chi connectivity index (χ1) is 7.31. The summed E-state index contributed by atoms with van der Waals surface area (Å²) < 4.78 is 11.0. The molecule has 1 fully saturated rings. The number of nitrogens with zero attached hydrogens (tertiary/aromatic N) is 1. The Morgan fingerprint density at radius 1 is 1.60 bits per heavy atom. The molecule has 15 heavy (non-hydrogen) atoms. The standard InChI is InChI=1S/C11H15NO3/c1-2-14-11-9(13)6-10(11)15-8-4-3-5-12-7-8/h3-5,7,9-11,13H,2,6H2,1H3. The van der Waals surface area contributed by atoms with Crippen LogP contribution in [0.3, 0.4) is 0 Å². The molecule has 0 saturated heterocycles. The first-order valence-corrected chi connectivity index (χ1v) is 5.17. The Morgan fingerprint density at radius 2 is 2.47 bits per heavy atom. The molecule has 3 atom stereocenters. The number of aromatic nitrogens is 1. The van der Waals surface area contributed by atoms with E-state index < -0.39 is 6.10 Å². The van der Waals surface area contributed by atoms with E-state index in [1.807, 2.05) is 19.1 Å². The van der Waals surface area contributed by atoms with Gasteiger partial charge in [-0.05, 0) is 19.1 Å². The van der Waals surface area contributed by atoms with Gasteiger partial charge >= 0.3 is 0 Å². The zero-order valence-electron chi connectivity index (χ0n) is 8.67. The van der Waals surface area contributed by atoms with Crippen LogP contribution in [-0.2, 0) is 4.74 Å². The van der Waals surface area contributed by atoms with Gasteiger partial charge < -0.3 is 14.6 Å². The third-order valence-electron chi connectivity index (χ3n) is 2.50. The minimum atomic E-state index is -0.397. The number of pyridine rings is 1. The molecule has 4 heteroatoms. The van der Waals surface area contributed by atoms with Gasteiger partial charge in [-0.25, -0.2) is 0 Å². The second-order valence-corrected chi connectivity index (χ2v) is 3.57. The SMILES string of the molecule is CCOC1C(O)CC1Oc1cccnc1. The summed E-state index contributed by atoms with van der Waals surface area (Å²) in [5.41, 5.74) is 0. The van der Waals surface area contributed by atoms with Gasteiger partial charge in [0.1, 0.15) is 18.0 Å². The fourth-order valence-electron chi connectivity index (χ4n) is 1.68. The van der Waals surface area contributed by atoms with Crippen molar-refractivity contribution in [3.63, 3.8) is 0 Å². The number of ether oxygens (including phenoxy) is 2. The van der Waals surface area contributed by atoms with Crippen LogP contribution in [0.4, 0.5) is 0 Å². The molecule has 1 aliphatic rings. The fraction of sp³-hybridized carbons (Fsp3) is 0.545. The van der Waals surface area contributed by atoms with Crippen molar-refractivity contribution in [1.82, 2.24) is 4.98 Å². The van der Waals surface area contributed by atoms with E-state index in [0.29, 0.717) is 13.0 Å². The molecule has 0 spiro atoms. The van der Waals surface area contributed by atoms with Crippen LogP contribution in [0.15, 0.2) is 24.5 Å². The van der Waals surface area contributed by atoms with E-state index >= 15 is 0 Å². The van der Waals surface area contributed by atoms with Gasteiger partial charge in [0.25, 0.3) is 0 Å². The first-order valence-electron chi connectivity index (χ1n) is 5.17. The highest BCUT2D eigenvalue weighted by Gasteiger charge is 2.42. The van der Waals surface area contributed by atoms with Crippen molar-refractivity contribution >= 4 is 0 Å². The predicted octanol–water partition coefficient (Wildman–Crippen LogP) is 0.999. The Morgan fingerprint density at radius 3 is 3.07 bits per heavy atom. The van der Waals surface area contributed by atoms with Crippen LogP contribution in [0, 0.1) is 0 Å². The van der Waals surface area contributed by atoms with Crippen LogP contribution >= 0.6 is 0 Å². The Hall–Kier alpha value is -1.13. The summed E-state index contributed by atoms with van der Waals surface area (Å²) in [5, 5.41) is 9.47. The van der Waals surface area contributed by atoms with Crippen molar-refractivity contribution < 1.29 is 14.6 Å². The van der Waals surface area contributed by atoms with E-state index in [-0.39, 0.29) is 12.2 Å². The Balaban J connectivity index is 1.91. The lowest BCUT2D eigenvalue weighted by atomic mass is 9.88.